The van der Waals surface area contributed by atoms with Gasteiger partial charge in [0.2, 0.25) is 0 Å². The van der Waals surface area contributed by atoms with Crippen LogP contribution in [0.25, 0.3) is 17.0 Å². The molecular weight excluding hydrogens is 242 g/mol. The monoisotopic (exact) mass is 251 g/mol. The maximum Gasteiger partial charge on any atom is 0.135 e. The molecule has 2 rings (SSSR count). The van der Waals surface area contributed by atoms with Crippen LogP contribution in [0.1, 0.15) is 5.56 Å². The first-order chi connectivity index (χ1) is 6.81. The molecule has 0 fully saturated rings. The van der Waals surface area contributed by atoms with Gasteiger partial charge in [-0.25, -0.2) is 0 Å². The van der Waals surface area contributed by atoms with E-state index in [1.807, 2.05) is 24.3 Å². The van der Waals surface area contributed by atoms with Crippen molar-refractivity contribution < 1.29 is 4.42 Å². The Morgan fingerprint density at radius 1 is 1.43 bits per heavy atom. The predicted octanol–water partition coefficient (Wildman–Crippen LogP) is 3.17. The molecule has 0 atom stereocenters. The first-order valence-corrected chi connectivity index (χ1v) is 5.14. The zero-order valence-corrected chi connectivity index (χ0v) is 9.12. The summed E-state index contributed by atoms with van der Waals surface area (Å²) in [5, 5.41) is 1.09. The van der Waals surface area contributed by atoms with Crippen molar-refractivity contribution in [2.24, 2.45) is 5.73 Å². The lowest BCUT2D eigenvalue weighted by Gasteiger charge is -1.93. The van der Waals surface area contributed by atoms with Gasteiger partial charge in [-0.15, -0.1) is 0 Å². The number of fused-ring (bicyclic) bond motifs is 1. The number of hydrogen-bond acceptors (Lipinski definition) is 2. The van der Waals surface area contributed by atoms with Crippen LogP contribution in [0, 0.1) is 0 Å². The minimum absolute atomic E-state index is 0.560. The molecule has 0 bridgehead atoms. The summed E-state index contributed by atoms with van der Waals surface area (Å²) in [6, 6.07) is 6.02. The molecule has 0 aliphatic rings. The molecule has 0 radical (unpaired) electrons. The number of furan rings is 1. The van der Waals surface area contributed by atoms with Gasteiger partial charge in [-0.2, -0.15) is 0 Å². The van der Waals surface area contributed by atoms with Gasteiger partial charge in [0, 0.05) is 11.9 Å². The molecule has 1 heterocycles. The van der Waals surface area contributed by atoms with Crippen LogP contribution in [-0.4, -0.2) is 6.54 Å². The van der Waals surface area contributed by atoms with Gasteiger partial charge in [0.25, 0.3) is 0 Å². The summed E-state index contributed by atoms with van der Waals surface area (Å²) in [4.78, 5) is 0. The van der Waals surface area contributed by atoms with Gasteiger partial charge < -0.3 is 10.2 Å². The zero-order valence-electron chi connectivity index (χ0n) is 7.53. The highest BCUT2D eigenvalue weighted by molar-refractivity contribution is 9.10. The van der Waals surface area contributed by atoms with Crippen molar-refractivity contribution in [3.8, 4) is 0 Å². The average molecular weight is 252 g/mol. The maximum absolute atomic E-state index is 5.38. The van der Waals surface area contributed by atoms with Gasteiger partial charge in [0.1, 0.15) is 11.8 Å². The largest absolute Gasteiger partial charge is 0.463 e. The molecule has 72 valence electrons. The SMILES string of the molecule is NC/C=C/c1ccc2occ(Br)c2c1. The molecule has 1 aromatic carbocycles. The Balaban J connectivity index is 2.49. The second kappa shape index (κ2) is 3.98. The summed E-state index contributed by atoms with van der Waals surface area (Å²) in [5.74, 6) is 0. The molecule has 0 aliphatic carbocycles. The molecular formula is C11H10BrNO. The van der Waals surface area contributed by atoms with E-state index in [9.17, 15) is 0 Å². The van der Waals surface area contributed by atoms with Crippen molar-refractivity contribution in [1.82, 2.24) is 0 Å². The lowest BCUT2D eigenvalue weighted by molar-refractivity contribution is 0.614. The van der Waals surface area contributed by atoms with Crippen LogP contribution in [-0.2, 0) is 0 Å². The molecule has 2 aromatic rings. The minimum Gasteiger partial charge on any atom is -0.463 e. The lowest BCUT2D eigenvalue weighted by atomic mass is 10.1. The van der Waals surface area contributed by atoms with Crippen LogP contribution < -0.4 is 5.73 Å². The molecule has 0 saturated carbocycles. The van der Waals surface area contributed by atoms with Crippen molar-refractivity contribution in [2.45, 2.75) is 0 Å². The van der Waals surface area contributed by atoms with Crippen LogP contribution >= 0.6 is 15.9 Å². The number of benzene rings is 1. The summed E-state index contributed by atoms with van der Waals surface area (Å²) < 4.78 is 6.29. The van der Waals surface area contributed by atoms with E-state index in [4.69, 9.17) is 10.2 Å². The maximum atomic E-state index is 5.38. The molecule has 0 amide bonds. The Morgan fingerprint density at radius 3 is 3.07 bits per heavy atom. The normalized spacial score (nSPS) is 11.6. The zero-order chi connectivity index (χ0) is 9.97. The molecule has 0 unspecified atom stereocenters. The Morgan fingerprint density at radius 2 is 2.29 bits per heavy atom. The van der Waals surface area contributed by atoms with Gasteiger partial charge in [0.05, 0.1) is 4.47 Å². The van der Waals surface area contributed by atoms with Crippen LogP contribution in [0.4, 0.5) is 0 Å². The fraction of sp³-hybridized carbons (Fsp3) is 0.0909. The van der Waals surface area contributed by atoms with Gasteiger partial charge in [-0.1, -0.05) is 18.2 Å². The van der Waals surface area contributed by atoms with Crippen LogP contribution in [0.3, 0.4) is 0 Å². The van der Waals surface area contributed by atoms with Crippen molar-refractivity contribution in [1.29, 1.82) is 0 Å². The standard InChI is InChI=1S/C11H10BrNO/c12-10-7-14-11-4-3-8(2-1-5-13)6-9(10)11/h1-4,6-7H,5,13H2/b2-1+. The van der Waals surface area contributed by atoms with Gasteiger partial charge in [0.15, 0.2) is 0 Å². The van der Waals surface area contributed by atoms with Crippen molar-refractivity contribution in [3.05, 3.63) is 40.6 Å². The molecule has 0 saturated heterocycles. The summed E-state index contributed by atoms with van der Waals surface area (Å²) in [6.45, 7) is 0.560. The first-order valence-electron chi connectivity index (χ1n) is 4.34. The lowest BCUT2D eigenvalue weighted by Crippen LogP contribution is -1.91. The van der Waals surface area contributed by atoms with Crippen LogP contribution in [0.15, 0.2) is 39.4 Å². The highest BCUT2D eigenvalue weighted by Crippen LogP contribution is 2.27. The molecule has 0 spiro atoms. The smallest absolute Gasteiger partial charge is 0.135 e. The van der Waals surface area contributed by atoms with Crippen LogP contribution in [0.2, 0.25) is 0 Å². The summed E-state index contributed by atoms with van der Waals surface area (Å²) in [7, 11) is 0. The van der Waals surface area contributed by atoms with Crippen molar-refractivity contribution >= 4 is 33.0 Å². The quantitative estimate of drug-likeness (QED) is 0.891. The number of hydrogen-bond donors (Lipinski definition) is 1. The van der Waals surface area contributed by atoms with E-state index in [1.165, 1.54) is 0 Å². The molecule has 0 aliphatic heterocycles. The number of rotatable bonds is 2. The average Bonchev–Trinajstić information content (AvgIpc) is 2.57. The van der Waals surface area contributed by atoms with Crippen molar-refractivity contribution in [2.75, 3.05) is 6.54 Å². The van der Waals surface area contributed by atoms with E-state index in [0.717, 1.165) is 21.0 Å². The Bertz CT molecular complexity index is 473. The molecule has 3 heteroatoms. The minimum atomic E-state index is 0.560. The van der Waals surface area contributed by atoms with Gasteiger partial charge >= 0.3 is 0 Å². The third-order valence-corrected chi connectivity index (χ3v) is 2.61. The fourth-order valence-corrected chi connectivity index (χ4v) is 1.73. The predicted molar refractivity (Wildman–Crippen MR) is 62.0 cm³/mol. The van der Waals surface area contributed by atoms with Gasteiger partial charge in [-0.3, -0.25) is 0 Å². The first kappa shape index (κ1) is 9.49. The Labute approximate surface area is 90.5 Å². The Kier molecular flexibility index (Phi) is 2.70. The molecule has 2 nitrogen and oxygen atoms in total. The van der Waals surface area contributed by atoms with Crippen molar-refractivity contribution in [3.63, 3.8) is 0 Å². The van der Waals surface area contributed by atoms with E-state index < -0.39 is 0 Å². The third kappa shape index (κ3) is 1.74. The molecule has 1 aromatic heterocycles. The second-order valence-electron chi connectivity index (χ2n) is 2.98. The van der Waals surface area contributed by atoms with E-state index in [-0.39, 0.29) is 0 Å². The van der Waals surface area contributed by atoms with E-state index in [0.29, 0.717) is 6.54 Å². The highest BCUT2D eigenvalue weighted by atomic mass is 79.9. The molecule has 14 heavy (non-hydrogen) atoms. The Hall–Kier alpha value is -1.06. The van der Waals surface area contributed by atoms with E-state index in [2.05, 4.69) is 22.0 Å². The van der Waals surface area contributed by atoms with Gasteiger partial charge in [-0.05, 0) is 33.6 Å². The van der Waals surface area contributed by atoms with Crippen LogP contribution in [0.5, 0.6) is 0 Å². The fourth-order valence-electron chi connectivity index (χ4n) is 1.32. The number of halogens is 1. The summed E-state index contributed by atoms with van der Waals surface area (Å²) in [6.07, 6.45) is 5.62. The topological polar surface area (TPSA) is 39.2 Å². The highest BCUT2D eigenvalue weighted by Gasteiger charge is 2.02. The summed E-state index contributed by atoms with van der Waals surface area (Å²) >= 11 is 3.43. The van der Waals surface area contributed by atoms with E-state index in [1.54, 1.807) is 6.26 Å². The third-order valence-electron chi connectivity index (χ3n) is 2.00. The summed E-state index contributed by atoms with van der Waals surface area (Å²) in [5.41, 5.74) is 7.40. The second-order valence-corrected chi connectivity index (χ2v) is 3.83. The number of nitrogens with two attached hydrogens (primary N) is 1. The molecule has 2 N–H and O–H groups in total. The van der Waals surface area contributed by atoms with E-state index >= 15 is 0 Å².